The maximum atomic E-state index is 10.7. The highest BCUT2D eigenvalue weighted by Gasteiger charge is 2.10. The van der Waals surface area contributed by atoms with Crippen LogP contribution in [0.4, 0.5) is 0 Å². The Morgan fingerprint density at radius 3 is 2.76 bits per heavy atom. The van der Waals surface area contributed by atoms with E-state index in [1.807, 2.05) is 11.6 Å². The lowest BCUT2D eigenvalue weighted by Gasteiger charge is -2.06. The van der Waals surface area contributed by atoms with Gasteiger partial charge in [-0.3, -0.25) is 4.79 Å². The first-order valence-corrected chi connectivity index (χ1v) is 7.60. The molecular formula is C13H15ClN4O2S. The Labute approximate surface area is 131 Å². The Balaban J connectivity index is 1.90. The van der Waals surface area contributed by atoms with Crippen LogP contribution < -0.4 is 10.5 Å². The fourth-order valence-corrected chi connectivity index (χ4v) is 2.53. The Bertz CT molecular complexity index is 615. The van der Waals surface area contributed by atoms with E-state index in [4.69, 9.17) is 22.1 Å². The van der Waals surface area contributed by atoms with Crippen molar-refractivity contribution in [2.75, 3.05) is 5.75 Å². The molecule has 0 aliphatic carbocycles. The molecule has 2 rings (SSSR count). The van der Waals surface area contributed by atoms with Gasteiger partial charge in [0, 0.05) is 24.2 Å². The summed E-state index contributed by atoms with van der Waals surface area (Å²) in [6.45, 7) is 0.307. The van der Waals surface area contributed by atoms with E-state index in [2.05, 4.69) is 10.2 Å². The first-order chi connectivity index (χ1) is 10.1. The molecule has 0 aliphatic heterocycles. The van der Waals surface area contributed by atoms with Gasteiger partial charge in [-0.25, -0.2) is 0 Å². The van der Waals surface area contributed by atoms with Crippen molar-refractivity contribution in [1.82, 2.24) is 14.8 Å². The molecule has 112 valence electrons. The number of hydrogen-bond acceptors (Lipinski definition) is 5. The number of thioether (sulfide) groups is 1. The molecule has 0 radical (unpaired) electrons. The lowest BCUT2D eigenvalue weighted by atomic mass is 10.3. The summed E-state index contributed by atoms with van der Waals surface area (Å²) in [6, 6.07) is 7.11. The zero-order valence-electron chi connectivity index (χ0n) is 11.5. The lowest BCUT2D eigenvalue weighted by Crippen LogP contribution is -2.11. The van der Waals surface area contributed by atoms with Crippen LogP contribution in [-0.2, 0) is 18.4 Å². The van der Waals surface area contributed by atoms with Gasteiger partial charge in [0.1, 0.15) is 12.4 Å². The molecule has 21 heavy (non-hydrogen) atoms. The van der Waals surface area contributed by atoms with Crippen LogP contribution in [0, 0.1) is 0 Å². The number of carbonyl (C=O) groups excluding carboxylic acids is 1. The largest absolute Gasteiger partial charge is 0.486 e. The first-order valence-electron chi connectivity index (χ1n) is 6.24. The quantitative estimate of drug-likeness (QED) is 0.787. The predicted molar refractivity (Wildman–Crippen MR) is 81.3 cm³/mol. The summed E-state index contributed by atoms with van der Waals surface area (Å²) in [4.78, 5) is 10.7. The van der Waals surface area contributed by atoms with Gasteiger partial charge >= 0.3 is 0 Å². The summed E-state index contributed by atoms with van der Waals surface area (Å²) in [6.07, 6.45) is 0.314. The van der Waals surface area contributed by atoms with Crippen molar-refractivity contribution in [3.05, 3.63) is 35.1 Å². The van der Waals surface area contributed by atoms with E-state index in [0.717, 1.165) is 5.16 Å². The van der Waals surface area contributed by atoms with Gasteiger partial charge in [0.05, 0.1) is 0 Å². The van der Waals surface area contributed by atoms with E-state index in [-0.39, 0.29) is 5.91 Å². The van der Waals surface area contributed by atoms with Crippen LogP contribution in [0.3, 0.4) is 0 Å². The molecule has 0 saturated carbocycles. The average Bonchev–Trinajstić information content (AvgIpc) is 2.79. The molecule has 8 heteroatoms. The van der Waals surface area contributed by atoms with Gasteiger partial charge < -0.3 is 15.0 Å². The number of primary amides is 1. The molecule has 0 atom stereocenters. The number of carbonyl (C=O) groups is 1. The molecule has 1 aromatic heterocycles. The monoisotopic (exact) mass is 326 g/mol. The number of amides is 1. The second-order valence-corrected chi connectivity index (χ2v) is 5.76. The number of aromatic nitrogens is 3. The number of rotatable bonds is 7. The van der Waals surface area contributed by atoms with Crippen LogP contribution in [0.25, 0.3) is 0 Å². The maximum absolute atomic E-state index is 10.7. The molecule has 2 aromatic rings. The van der Waals surface area contributed by atoms with E-state index >= 15 is 0 Å². The zero-order chi connectivity index (χ0) is 15.2. The smallest absolute Gasteiger partial charge is 0.218 e. The van der Waals surface area contributed by atoms with Crippen molar-refractivity contribution in [3.63, 3.8) is 0 Å². The predicted octanol–water partition coefficient (Wildman–Crippen LogP) is 2.01. The van der Waals surface area contributed by atoms with Gasteiger partial charge in [-0.2, -0.15) is 0 Å². The molecule has 0 saturated heterocycles. The van der Waals surface area contributed by atoms with Gasteiger partial charge in [-0.05, 0) is 24.3 Å². The van der Waals surface area contributed by atoms with Crippen LogP contribution in [-0.4, -0.2) is 26.4 Å². The SMILES string of the molecule is Cn1c(COc2ccc(Cl)cc2)nnc1SCCC(N)=O. The molecule has 1 amide bonds. The number of halogens is 1. The lowest BCUT2D eigenvalue weighted by molar-refractivity contribution is -0.117. The highest BCUT2D eigenvalue weighted by molar-refractivity contribution is 7.99. The molecule has 1 aromatic carbocycles. The summed E-state index contributed by atoms with van der Waals surface area (Å²) in [5.41, 5.74) is 5.10. The summed E-state index contributed by atoms with van der Waals surface area (Å²) in [7, 11) is 1.85. The Hall–Kier alpha value is -1.73. The number of nitrogens with zero attached hydrogens (tertiary/aromatic N) is 3. The Morgan fingerprint density at radius 2 is 2.10 bits per heavy atom. The topological polar surface area (TPSA) is 83.0 Å². The fraction of sp³-hybridized carbons (Fsp3) is 0.308. The van der Waals surface area contributed by atoms with E-state index < -0.39 is 0 Å². The molecule has 0 aliphatic rings. The molecule has 0 bridgehead atoms. The van der Waals surface area contributed by atoms with Crippen LogP contribution in [0.2, 0.25) is 5.02 Å². The van der Waals surface area contributed by atoms with Gasteiger partial charge in [0.25, 0.3) is 0 Å². The summed E-state index contributed by atoms with van der Waals surface area (Å²) >= 11 is 7.25. The summed E-state index contributed by atoms with van der Waals surface area (Å²) in [5.74, 6) is 1.67. The second-order valence-electron chi connectivity index (χ2n) is 4.27. The minimum absolute atomic E-state index is 0.307. The van der Waals surface area contributed by atoms with Crippen molar-refractivity contribution in [2.24, 2.45) is 12.8 Å². The minimum atomic E-state index is -0.323. The van der Waals surface area contributed by atoms with Gasteiger partial charge in [-0.15, -0.1) is 10.2 Å². The normalized spacial score (nSPS) is 10.6. The van der Waals surface area contributed by atoms with Crippen molar-refractivity contribution < 1.29 is 9.53 Å². The second kappa shape index (κ2) is 7.33. The van der Waals surface area contributed by atoms with Gasteiger partial charge in [0.15, 0.2) is 11.0 Å². The highest BCUT2D eigenvalue weighted by atomic mass is 35.5. The van der Waals surface area contributed by atoms with Crippen LogP contribution in [0.5, 0.6) is 5.75 Å². The van der Waals surface area contributed by atoms with Crippen LogP contribution in [0.15, 0.2) is 29.4 Å². The Morgan fingerprint density at radius 1 is 1.38 bits per heavy atom. The van der Waals surface area contributed by atoms with E-state index in [1.54, 1.807) is 24.3 Å². The first kappa shape index (κ1) is 15.7. The van der Waals surface area contributed by atoms with Gasteiger partial charge in [-0.1, -0.05) is 23.4 Å². The summed E-state index contributed by atoms with van der Waals surface area (Å²) < 4.78 is 7.45. The summed E-state index contributed by atoms with van der Waals surface area (Å²) in [5, 5.41) is 9.52. The Kier molecular flexibility index (Phi) is 5.46. The molecule has 0 fully saturated rings. The standard InChI is InChI=1S/C13H15ClN4O2S/c1-18-12(8-20-10-4-2-9(14)3-5-10)16-17-13(18)21-7-6-11(15)19/h2-5H,6-8H2,1H3,(H2,15,19). The van der Waals surface area contributed by atoms with Crippen molar-refractivity contribution in [1.29, 1.82) is 0 Å². The van der Waals surface area contributed by atoms with E-state index in [9.17, 15) is 4.79 Å². The average molecular weight is 327 g/mol. The third-order valence-corrected chi connectivity index (χ3v) is 3.96. The van der Waals surface area contributed by atoms with Gasteiger partial charge in [0.2, 0.25) is 5.91 Å². The molecule has 0 unspecified atom stereocenters. The van der Waals surface area contributed by atoms with Crippen molar-refractivity contribution in [2.45, 2.75) is 18.2 Å². The molecule has 1 heterocycles. The molecular weight excluding hydrogens is 312 g/mol. The van der Waals surface area contributed by atoms with E-state index in [0.29, 0.717) is 35.4 Å². The minimum Gasteiger partial charge on any atom is -0.486 e. The van der Waals surface area contributed by atoms with Crippen molar-refractivity contribution >= 4 is 29.3 Å². The number of nitrogens with two attached hydrogens (primary N) is 1. The number of ether oxygens (including phenoxy) is 1. The molecule has 2 N–H and O–H groups in total. The fourth-order valence-electron chi connectivity index (χ4n) is 1.52. The van der Waals surface area contributed by atoms with Crippen LogP contribution >= 0.6 is 23.4 Å². The third kappa shape index (κ3) is 4.64. The zero-order valence-corrected chi connectivity index (χ0v) is 13.0. The maximum Gasteiger partial charge on any atom is 0.218 e. The van der Waals surface area contributed by atoms with E-state index in [1.165, 1.54) is 11.8 Å². The van der Waals surface area contributed by atoms with Crippen molar-refractivity contribution in [3.8, 4) is 5.75 Å². The number of hydrogen-bond donors (Lipinski definition) is 1. The molecule has 6 nitrogen and oxygen atoms in total. The highest BCUT2D eigenvalue weighted by Crippen LogP contribution is 2.19. The molecule has 0 spiro atoms. The van der Waals surface area contributed by atoms with Crippen LogP contribution in [0.1, 0.15) is 12.2 Å². The number of benzene rings is 1. The third-order valence-electron chi connectivity index (χ3n) is 2.69.